The van der Waals surface area contributed by atoms with Crippen LogP contribution in [0.2, 0.25) is 0 Å². The molecule has 0 aliphatic carbocycles. The van der Waals surface area contributed by atoms with E-state index >= 15 is 0 Å². The van der Waals surface area contributed by atoms with Crippen LogP contribution < -0.4 is 0 Å². The van der Waals surface area contributed by atoms with Gasteiger partial charge in [-0.15, -0.1) is 0 Å². The molecule has 0 saturated heterocycles. The van der Waals surface area contributed by atoms with Crippen LogP contribution in [0.3, 0.4) is 0 Å². The molecule has 0 aromatic heterocycles. The SMILES string of the molecule is CCCCCCCCCCCCCCC(=O)O[C@H](COC(=O)CCCCCCCCCC(C)C)COP(=O)(O)OC[C@@H](O)COP(=O)(O)OC[C@@H](COC(=O)CCCCCCCCCC)OC(=O)CCCCCCCCC(C)C. The van der Waals surface area contributed by atoms with Gasteiger partial charge in [-0.1, -0.05) is 241 Å². The Morgan fingerprint density at radius 3 is 0.861 bits per heavy atom. The number of hydrogen-bond acceptors (Lipinski definition) is 15. The number of phosphoric ester groups is 2. The highest BCUT2D eigenvalue weighted by Crippen LogP contribution is 2.45. The molecule has 0 amide bonds. The molecule has 0 radical (unpaired) electrons. The molecule has 3 N–H and O–H groups in total. The summed E-state index contributed by atoms with van der Waals surface area (Å²) in [6, 6.07) is 0. The maximum absolute atomic E-state index is 12.9. The van der Waals surface area contributed by atoms with Gasteiger partial charge in [-0.2, -0.15) is 0 Å². The van der Waals surface area contributed by atoms with E-state index in [9.17, 15) is 43.2 Å². The van der Waals surface area contributed by atoms with Crippen molar-refractivity contribution in [1.29, 1.82) is 0 Å². The summed E-state index contributed by atoms with van der Waals surface area (Å²) in [5.41, 5.74) is 0. The van der Waals surface area contributed by atoms with Crippen molar-refractivity contribution < 1.29 is 80.2 Å². The van der Waals surface area contributed by atoms with E-state index in [0.29, 0.717) is 37.5 Å². The summed E-state index contributed by atoms with van der Waals surface area (Å²) in [6.07, 6.45) is 33.7. The molecule has 0 aromatic rings. The van der Waals surface area contributed by atoms with Gasteiger partial charge in [0.15, 0.2) is 12.2 Å². The van der Waals surface area contributed by atoms with Gasteiger partial charge in [0.05, 0.1) is 26.4 Å². The lowest BCUT2D eigenvalue weighted by molar-refractivity contribution is -0.161. The molecule has 0 aromatic carbocycles. The fourth-order valence-electron chi connectivity index (χ4n) is 8.82. The molecule has 2 unspecified atom stereocenters. The van der Waals surface area contributed by atoms with E-state index in [0.717, 1.165) is 103 Å². The van der Waals surface area contributed by atoms with E-state index in [1.807, 2.05) is 0 Å². The van der Waals surface area contributed by atoms with E-state index in [1.165, 1.54) is 96.3 Å². The molecule has 0 bridgehead atoms. The van der Waals surface area contributed by atoms with Gasteiger partial charge in [-0.3, -0.25) is 37.3 Å². The van der Waals surface area contributed by atoms with Crippen molar-refractivity contribution in [2.75, 3.05) is 39.6 Å². The molecule has 468 valence electrons. The average molecular weight is 1170 g/mol. The predicted octanol–water partition coefficient (Wildman–Crippen LogP) is 16.1. The number of hydrogen-bond donors (Lipinski definition) is 3. The minimum Gasteiger partial charge on any atom is -0.462 e. The maximum atomic E-state index is 12.9. The molecular formula is C60H116O17P2. The van der Waals surface area contributed by atoms with Crippen LogP contribution in [0.5, 0.6) is 0 Å². The highest BCUT2D eigenvalue weighted by atomic mass is 31.2. The second-order valence-corrected chi connectivity index (χ2v) is 25.6. The van der Waals surface area contributed by atoms with Crippen LogP contribution in [0.25, 0.3) is 0 Å². The largest absolute Gasteiger partial charge is 0.472 e. The zero-order chi connectivity index (χ0) is 58.7. The van der Waals surface area contributed by atoms with E-state index in [2.05, 4.69) is 41.5 Å². The zero-order valence-corrected chi connectivity index (χ0v) is 52.4. The van der Waals surface area contributed by atoms with Crippen LogP contribution in [0.1, 0.15) is 292 Å². The quantitative estimate of drug-likeness (QED) is 0.0222. The first-order valence-electron chi connectivity index (χ1n) is 31.5. The molecular weight excluding hydrogens is 1050 g/mol. The summed E-state index contributed by atoms with van der Waals surface area (Å²) in [5.74, 6) is -0.771. The minimum absolute atomic E-state index is 0.102. The fraction of sp³-hybridized carbons (Fsp3) is 0.933. The van der Waals surface area contributed by atoms with Crippen molar-refractivity contribution >= 4 is 39.5 Å². The van der Waals surface area contributed by atoms with E-state index in [1.54, 1.807) is 0 Å². The van der Waals surface area contributed by atoms with Crippen LogP contribution in [0.15, 0.2) is 0 Å². The third kappa shape index (κ3) is 55.0. The molecule has 0 aliphatic rings. The van der Waals surface area contributed by atoms with Crippen molar-refractivity contribution in [1.82, 2.24) is 0 Å². The lowest BCUT2D eigenvalue weighted by Gasteiger charge is -2.21. The van der Waals surface area contributed by atoms with E-state index in [-0.39, 0.29) is 25.7 Å². The number of carbonyl (C=O) groups excluding carboxylic acids is 4. The number of rotatable bonds is 59. The van der Waals surface area contributed by atoms with Crippen molar-refractivity contribution in [2.24, 2.45) is 11.8 Å². The zero-order valence-electron chi connectivity index (χ0n) is 50.7. The van der Waals surface area contributed by atoms with Crippen LogP contribution in [-0.4, -0.2) is 96.7 Å². The van der Waals surface area contributed by atoms with Gasteiger partial charge in [0.1, 0.15) is 19.3 Å². The Morgan fingerprint density at radius 1 is 0.342 bits per heavy atom. The van der Waals surface area contributed by atoms with Crippen LogP contribution in [0.4, 0.5) is 0 Å². The number of phosphoric acid groups is 2. The molecule has 0 fully saturated rings. The second-order valence-electron chi connectivity index (χ2n) is 22.7. The third-order valence-electron chi connectivity index (χ3n) is 13.7. The average Bonchev–Trinajstić information content (AvgIpc) is 3.40. The summed E-state index contributed by atoms with van der Waals surface area (Å²) >= 11 is 0. The number of ether oxygens (including phenoxy) is 4. The Hall–Kier alpha value is -1.94. The second kappa shape index (κ2) is 52.8. The molecule has 19 heteroatoms. The van der Waals surface area contributed by atoms with Crippen LogP contribution >= 0.6 is 15.6 Å². The highest BCUT2D eigenvalue weighted by Gasteiger charge is 2.30. The Morgan fingerprint density at radius 2 is 0.582 bits per heavy atom. The van der Waals surface area contributed by atoms with E-state index in [4.69, 9.17) is 37.0 Å². The van der Waals surface area contributed by atoms with Crippen LogP contribution in [-0.2, 0) is 65.4 Å². The van der Waals surface area contributed by atoms with Gasteiger partial charge in [0.2, 0.25) is 0 Å². The van der Waals surface area contributed by atoms with Crippen molar-refractivity contribution in [3.8, 4) is 0 Å². The normalized spacial score (nSPS) is 14.4. The Kier molecular flexibility index (Phi) is 51.5. The first-order valence-corrected chi connectivity index (χ1v) is 34.5. The topological polar surface area (TPSA) is 237 Å². The first-order chi connectivity index (χ1) is 37.9. The summed E-state index contributed by atoms with van der Waals surface area (Å²) in [4.78, 5) is 71.9. The molecule has 0 aliphatic heterocycles. The molecule has 79 heavy (non-hydrogen) atoms. The van der Waals surface area contributed by atoms with Crippen molar-refractivity contribution in [2.45, 2.75) is 310 Å². The monoisotopic (exact) mass is 1170 g/mol. The minimum atomic E-state index is -4.94. The number of esters is 4. The lowest BCUT2D eigenvalue weighted by Crippen LogP contribution is -2.30. The Labute approximate surface area is 479 Å². The van der Waals surface area contributed by atoms with Crippen molar-refractivity contribution in [3.63, 3.8) is 0 Å². The fourth-order valence-corrected chi connectivity index (χ4v) is 10.4. The summed E-state index contributed by atoms with van der Waals surface area (Å²) < 4.78 is 67.7. The number of aliphatic hydroxyl groups excluding tert-OH is 1. The van der Waals surface area contributed by atoms with Gasteiger partial charge < -0.3 is 33.8 Å². The number of aliphatic hydroxyl groups is 1. The smallest absolute Gasteiger partial charge is 0.462 e. The molecule has 0 rings (SSSR count). The summed E-state index contributed by atoms with van der Waals surface area (Å²) in [6.45, 7) is 9.29. The predicted molar refractivity (Wildman–Crippen MR) is 312 cm³/mol. The molecule has 17 nitrogen and oxygen atoms in total. The van der Waals surface area contributed by atoms with Gasteiger partial charge in [-0.05, 0) is 37.5 Å². The van der Waals surface area contributed by atoms with Gasteiger partial charge in [-0.25, -0.2) is 9.13 Å². The standard InChI is InChI=1S/C60H116O17P2/c1-7-9-11-13-15-17-18-19-20-24-32-38-44-59(64)76-55(48-71-58(63)43-37-31-25-21-22-28-34-40-52(3)4)50-74-78(66,67)72-46-54(61)47-73-79(68,69)75-51-56(49-70-57(62)42-36-30-23-16-14-12-10-8-2)77-60(65)45-39-33-27-26-29-35-41-53(5)6/h52-56,61H,7-51H2,1-6H3,(H,66,67)(H,68,69)/t54-,55-,56-/m1/s1. The molecule has 0 spiro atoms. The lowest BCUT2D eigenvalue weighted by atomic mass is 10.0. The molecule has 5 atom stereocenters. The third-order valence-corrected chi connectivity index (χ3v) is 15.6. The first kappa shape index (κ1) is 77.1. The Balaban J connectivity index is 5.23. The van der Waals surface area contributed by atoms with Crippen LogP contribution in [0, 0.1) is 11.8 Å². The molecule has 0 heterocycles. The molecule has 0 saturated carbocycles. The van der Waals surface area contributed by atoms with Gasteiger partial charge in [0.25, 0.3) is 0 Å². The summed E-state index contributed by atoms with van der Waals surface area (Å²) in [5, 5.41) is 10.5. The highest BCUT2D eigenvalue weighted by molar-refractivity contribution is 7.47. The van der Waals surface area contributed by atoms with E-state index < -0.39 is 97.5 Å². The van der Waals surface area contributed by atoms with Gasteiger partial charge >= 0.3 is 39.5 Å². The van der Waals surface area contributed by atoms with Gasteiger partial charge in [0, 0.05) is 25.7 Å². The number of unbranched alkanes of at least 4 members (excludes halogenated alkanes) is 29. The maximum Gasteiger partial charge on any atom is 0.472 e. The Bertz CT molecular complexity index is 1560. The number of carbonyl (C=O) groups is 4. The van der Waals surface area contributed by atoms with Crippen molar-refractivity contribution in [3.05, 3.63) is 0 Å². The summed E-state index contributed by atoms with van der Waals surface area (Å²) in [7, 11) is -9.87.